The summed E-state index contributed by atoms with van der Waals surface area (Å²) >= 11 is 0. The number of methoxy groups -OCH3 is 1. The molecule has 1 aliphatic rings. The molecule has 2 aromatic carbocycles. The van der Waals surface area contributed by atoms with Gasteiger partial charge in [-0.05, 0) is 48.6 Å². The number of phenolic OH excluding ortho intramolecular Hbond substituents is 1. The lowest BCUT2D eigenvalue weighted by Gasteiger charge is -2.27. The largest absolute Gasteiger partial charge is 0.507 e. The lowest BCUT2D eigenvalue weighted by atomic mass is 9.95. The summed E-state index contributed by atoms with van der Waals surface area (Å²) in [5, 5.41) is 27.1. The van der Waals surface area contributed by atoms with Crippen molar-refractivity contribution in [1.29, 1.82) is 0 Å². The van der Waals surface area contributed by atoms with Crippen LogP contribution in [0.4, 0.5) is 0 Å². The van der Waals surface area contributed by atoms with Crippen LogP contribution in [-0.4, -0.2) is 58.1 Å². The van der Waals surface area contributed by atoms with Gasteiger partial charge in [0.2, 0.25) is 0 Å². The topological polar surface area (TPSA) is 108 Å². The van der Waals surface area contributed by atoms with Crippen molar-refractivity contribution in [3.63, 3.8) is 0 Å². The summed E-state index contributed by atoms with van der Waals surface area (Å²) in [6.07, 6.45) is 1.37. The van der Waals surface area contributed by atoms with Crippen LogP contribution in [-0.2, 0) is 0 Å². The Kier molecular flexibility index (Phi) is 7.07. The summed E-state index contributed by atoms with van der Waals surface area (Å²) in [5.41, 5.74) is 2.98. The van der Waals surface area contributed by atoms with Crippen LogP contribution >= 0.6 is 0 Å². The molecule has 2 heterocycles. The number of ether oxygens (including phenoxy) is 2. The predicted molar refractivity (Wildman–Crippen MR) is 128 cm³/mol. The number of para-hydroxylation sites is 1. The van der Waals surface area contributed by atoms with Crippen molar-refractivity contribution < 1.29 is 24.5 Å². The minimum absolute atomic E-state index is 0.0268. The van der Waals surface area contributed by atoms with Gasteiger partial charge in [-0.25, -0.2) is 0 Å². The number of nitrogens with one attached hydrogen (secondary N) is 1. The second-order valence-electron chi connectivity index (χ2n) is 8.80. The molecule has 0 radical (unpaired) electrons. The monoisotopic (exact) mass is 465 g/mol. The Morgan fingerprint density at radius 3 is 2.68 bits per heavy atom. The molecule has 1 amide bonds. The highest BCUT2D eigenvalue weighted by Gasteiger charge is 2.42. The molecule has 3 aromatic rings. The molecular formula is C26H31N3O5. The number of phenols is 1. The van der Waals surface area contributed by atoms with Crippen LogP contribution in [0.3, 0.4) is 0 Å². The zero-order valence-electron chi connectivity index (χ0n) is 19.7. The highest BCUT2D eigenvalue weighted by Crippen LogP contribution is 2.45. The number of fused-ring (bicyclic) bond motifs is 1. The van der Waals surface area contributed by atoms with Crippen molar-refractivity contribution in [3.8, 4) is 28.5 Å². The molecule has 8 heteroatoms. The number of hydrogen-bond acceptors (Lipinski definition) is 6. The van der Waals surface area contributed by atoms with Gasteiger partial charge < -0.3 is 24.6 Å². The van der Waals surface area contributed by atoms with E-state index in [9.17, 15) is 15.0 Å². The smallest absolute Gasteiger partial charge is 0.273 e. The summed E-state index contributed by atoms with van der Waals surface area (Å²) in [6.45, 7) is 5.22. The third-order valence-electron chi connectivity index (χ3n) is 6.04. The Morgan fingerprint density at radius 1 is 1.18 bits per heavy atom. The Bertz CT molecular complexity index is 1160. The van der Waals surface area contributed by atoms with E-state index in [-0.39, 0.29) is 18.3 Å². The summed E-state index contributed by atoms with van der Waals surface area (Å²) in [7, 11) is 1.59. The maximum Gasteiger partial charge on any atom is 0.273 e. The number of aromatic nitrogens is 2. The maximum absolute atomic E-state index is 13.3. The molecule has 3 N–H and O–H groups in total. The Hall–Kier alpha value is -3.52. The molecular weight excluding hydrogens is 434 g/mol. The summed E-state index contributed by atoms with van der Waals surface area (Å²) in [6, 6.07) is 12.1. The van der Waals surface area contributed by atoms with Gasteiger partial charge in [0.05, 0.1) is 19.8 Å². The van der Waals surface area contributed by atoms with Crippen molar-refractivity contribution in [1.82, 2.24) is 15.1 Å². The maximum atomic E-state index is 13.3. The second kappa shape index (κ2) is 10.2. The van der Waals surface area contributed by atoms with Gasteiger partial charge in [0.1, 0.15) is 17.1 Å². The van der Waals surface area contributed by atoms with Crippen molar-refractivity contribution >= 4 is 5.91 Å². The van der Waals surface area contributed by atoms with E-state index in [1.165, 1.54) is 0 Å². The first-order valence-corrected chi connectivity index (χ1v) is 11.6. The number of benzene rings is 2. The van der Waals surface area contributed by atoms with Crippen LogP contribution in [0.5, 0.6) is 17.2 Å². The van der Waals surface area contributed by atoms with Gasteiger partial charge in [0.15, 0.2) is 11.5 Å². The number of rotatable bonds is 10. The minimum Gasteiger partial charge on any atom is -0.507 e. The fourth-order valence-electron chi connectivity index (χ4n) is 4.27. The van der Waals surface area contributed by atoms with Gasteiger partial charge in [-0.3, -0.25) is 9.89 Å². The van der Waals surface area contributed by atoms with Gasteiger partial charge in [0, 0.05) is 24.3 Å². The number of hydrogen-bond donors (Lipinski definition) is 3. The van der Waals surface area contributed by atoms with Gasteiger partial charge in [-0.2, -0.15) is 5.10 Å². The standard InChI is InChI=1S/C26H31N3O5/c1-16(2)11-14-34-20-10-9-17(15-21(20)33-3)25-22-23(18-7-4-5-8-19(18)31)27-28-24(22)26(32)29(25)12-6-13-30/h4-5,7-10,15-16,25,30-31H,6,11-14H2,1-3H3,(H,27,28)/t25-/m1/s1. The molecule has 180 valence electrons. The summed E-state index contributed by atoms with van der Waals surface area (Å²) < 4.78 is 11.6. The first-order valence-electron chi connectivity index (χ1n) is 11.6. The Morgan fingerprint density at radius 2 is 1.97 bits per heavy atom. The van der Waals surface area contributed by atoms with Crippen LogP contribution < -0.4 is 9.47 Å². The number of amides is 1. The van der Waals surface area contributed by atoms with E-state index in [1.807, 2.05) is 24.3 Å². The van der Waals surface area contributed by atoms with Crippen LogP contribution in [0.2, 0.25) is 0 Å². The molecule has 0 saturated carbocycles. The van der Waals surface area contributed by atoms with Gasteiger partial charge in [0.25, 0.3) is 5.91 Å². The van der Waals surface area contributed by atoms with E-state index >= 15 is 0 Å². The molecule has 4 rings (SSSR count). The number of carbonyl (C=O) groups is 1. The van der Waals surface area contributed by atoms with Gasteiger partial charge in [-0.1, -0.05) is 32.0 Å². The molecule has 0 bridgehead atoms. The lowest BCUT2D eigenvalue weighted by Crippen LogP contribution is -2.31. The third kappa shape index (κ3) is 4.46. The number of aliphatic hydroxyl groups excluding tert-OH is 1. The fourth-order valence-corrected chi connectivity index (χ4v) is 4.27. The van der Waals surface area contributed by atoms with Gasteiger partial charge >= 0.3 is 0 Å². The van der Waals surface area contributed by atoms with Gasteiger partial charge in [-0.15, -0.1) is 0 Å². The van der Waals surface area contributed by atoms with E-state index in [0.717, 1.165) is 12.0 Å². The van der Waals surface area contributed by atoms with Crippen LogP contribution in [0.1, 0.15) is 54.3 Å². The second-order valence-corrected chi connectivity index (χ2v) is 8.80. The highest BCUT2D eigenvalue weighted by atomic mass is 16.5. The zero-order valence-corrected chi connectivity index (χ0v) is 19.7. The Labute approximate surface area is 199 Å². The molecule has 1 aromatic heterocycles. The fraction of sp³-hybridized carbons (Fsp3) is 0.385. The third-order valence-corrected chi connectivity index (χ3v) is 6.04. The van der Waals surface area contributed by atoms with E-state index < -0.39 is 6.04 Å². The van der Waals surface area contributed by atoms with Crippen molar-refractivity contribution in [2.24, 2.45) is 5.92 Å². The molecule has 8 nitrogen and oxygen atoms in total. The van der Waals surface area contributed by atoms with Crippen LogP contribution in [0.25, 0.3) is 11.3 Å². The number of aromatic hydroxyl groups is 1. The van der Waals surface area contributed by atoms with Crippen molar-refractivity contribution in [3.05, 3.63) is 59.3 Å². The van der Waals surface area contributed by atoms with E-state index in [0.29, 0.717) is 59.5 Å². The molecule has 0 aliphatic carbocycles. The zero-order chi connectivity index (χ0) is 24.2. The summed E-state index contributed by atoms with van der Waals surface area (Å²) in [5.74, 6) is 1.65. The first-order chi connectivity index (χ1) is 16.5. The molecule has 34 heavy (non-hydrogen) atoms. The number of nitrogens with zero attached hydrogens (tertiary/aromatic N) is 2. The molecule has 1 aliphatic heterocycles. The minimum atomic E-state index is -0.457. The molecule has 1 atom stereocenters. The van der Waals surface area contributed by atoms with Crippen LogP contribution in [0, 0.1) is 5.92 Å². The SMILES string of the molecule is COc1cc([C@@H]2c3c(-c4ccccc4O)n[nH]c3C(=O)N2CCCO)ccc1OCCC(C)C. The van der Waals surface area contributed by atoms with Crippen molar-refractivity contribution in [2.75, 3.05) is 26.9 Å². The predicted octanol–water partition coefficient (Wildman–Crippen LogP) is 4.14. The molecule has 0 unspecified atom stereocenters. The average molecular weight is 466 g/mol. The normalized spacial score (nSPS) is 15.1. The lowest BCUT2D eigenvalue weighted by molar-refractivity contribution is 0.0732. The number of aromatic amines is 1. The number of aliphatic hydroxyl groups is 1. The van der Waals surface area contributed by atoms with E-state index in [4.69, 9.17) is 9.47 Å². The van der Waals surface area contributed by atoms with Crippen LogP contribution in [0.15, 0.2) is 42.5 Å². The quantitative estimate of drug-likeness (QED) is 0.415. The Balaban J connectivity index is 1.77. The van der Waals surface area contributed by atoms with Crippen molar-refractivity contribution in [2.45, 2.75) is 32.7 Å². The molecule has 0 saturated heterocycles. The number of H-pyrrole nitrogens is 1. The molecule has 0 fully saturated rings. The van der Waals surface area contributed by atoms with E-state index in [1.54, 1.807) is 30.2 Å². The number of carbonyl (C=O) groups excluding carboxylic acids is 1. The summed E-state index contributed by atoms with van der Waals surface area (Å²) in [4.78, 5) is 15.0. The highest BCUT2D eigenvalue weighted by molar-refractivity contribution is 6.00. The average Bonchev–Trinajstić information content (AvgIpc) is 3.37. The molecule has 0 spiro atoms. The first kappa shape index (κ1) is 23.6. The van der Waals surface area contributed by atoms with E-state index in [2.05, 4.69) is 24.0 Å².